The van der Waals surface area contributed by atoms with E-state index in [0.29, 0.717) is 17.4 Å². The van der Waals surface area contributed by atoms with Crippen LogP contribution in [-0.2, 0) is 4.79 Å². The maximum Gasteiger partial charge on any atom is 0.349 e. The van der Waals surface area contributed by atoms with Gasteiger partial charge in [-0.1, -0.05) is 32.0 Å². The van der Waals surface area contributed by atoms with Gasteiger partial charge in [0.25, 0.3) is 0 Å². The average Bonchev–Trinajstić information content (AvgIpc) is 2.49. The molecule has 0 amide bonds. The second kappa shape index (κ2) is 7.12. The number of esters is 1. The highest BCUT2D eigenvalue weighted by molar-refractivity contribution is 5.74. The Kier molecular flexibility index (Phi) is 5.21. The van der Waals surface area contributed by atoms with Crippen molar-refractivity contribution in [2.24, 2.45) is 0 Å². The number of aryl methyl sites for hydroxylation is 2. The lowest BCUT2D eigenvalue weighted by Crippen LogP contribution is -2.17. The highest BCUT2D eigenvalue weighted by atomic mass is 16.6. The lowest BCUT2D eigenvalue weighted by molar-refractivity contribution is -0.136. The largest absolute Gasteiger partial charge is 0.482 e. The van der Waals surface area contributed by atoms with E-state index in [1.807, 2.05) is 50.2 Å². The lowest BCUT2D eigenvalue weighted by atomic mass is 10.0. The Morgan fingerprint density at radius 2 is 1.59 bits per heavy atom. The van der Waals surface area contributed by atoms with Crippen molar-refractivity contribution < 1.29 is 14.3 Å². The second-order valence-electron chi connectivity index (χ2n) is 5.73. The van der Waals surface area contributed by atoms with Crippen molar-refractivity contribution in [2.45, 2.75) is 33.6 Å². The van der Waals surface area contributed by atoms with Gasteiger partial charge in [0.15, 0.2) is 6.61 Å². The molecule has 0 unspecified atom stereocenters. The van der Waals surface area contributed by atoms with E-state index >= 15 is 0 Å². The normalized spacial score (nSPS) is 10.6. The quantitative estimate of drug-likeness (QED) is 0.606. The maximum absolute atomic E-state index is 11.8. The van der Waals surface area contributed by atoms with Crippen LogP contribution in [0.4, 0.5) is 0 Å². The third kappa shape index (κ3) is 4.35. The molecule has 3 nitrogen and oxygen atoms in total. The van der Waals surface area contributed by atoms with Gasteiger partial charge in [0.1, 0.15) is 11.5 Å². The molecular weight excluding hydrogens is 276 g/mol. The molecule has 0 fully saturated rings. The van der Waals surface area contributed by atoms with E-state index in [-0.39, 0.29) is 6.61 Å². The summed E-state index contributed by atoms with van der Waals surface area (Å²) in [6.07, 6.45) is 0. The number of ether oxygens (including phenoxy) is 2. The predicted molar refractivity (Wildman–Crippen MR) is 87.6 cm³/mol. The van der Waals surface area contributed by atoms with Crippen LogP contribution in [-0.4, -0.2) is 12.6 Å². The van der Waals surface area contributed by atoms with Gasteiger partial charge in [-0.25, -0.2) is 4.79 Å². The lowest BCUT2D eigenvalue weighted by Gasteiger charge is -2.09. The first-order valence-electron chi connectivity index (χ1n) is 7.46. The number of carbonyl (C=O) groups is 1. The van der Waals surface area contributed by atoms with Crippen molar-refractivity contribution in [3.05, 3.63) is 59.2 Å². The molecule has 0 aliphatic carbocycles. The topological polar surface area (TPSA) is 35.5 Å². The molecule has 0 aliphatic rings. The molecule has 0 N–H and O–H groups in total. The van der Waals surface area contributed by atoms with Gasteiger partial charge >= 0.3 is 5.97 Å². The number of rotatable bonds is 5. The monoisotopic (exact) mass is 298 g/mol. The molecule has 0 saturated carbocycles. The number of benzene rings is 2. The predicted octanol–water partition coefficient (Wildman–Crippen LogP) is 4.41. The number of carbonyl (C=O) groups excluding carboxylic acids is 1. The molecule has 0 saturated heterocycles. The first-order valence-corrected chi connectivity index (χ1v) is 7.46. The van der Waals surface area contributed by atoms with Gasteiger partial charge in [0.2, 0.25) is 0 Å². The minimum absolute atomic E-state index is 0.103. The Labute approximate surface area is 131 Å². The molecule has 0 aromatic heterocycles. The maximum atomic E-state index is 11.8. The summed E-state index contributed by atoms with van der Waals surface area (Å²) < 4.78 is 10.7. The smallest absolute Gasteiger partial charge is 0.349 e. The highest BCUT2D eigenvalue weighted by Crippen LogP contribution is 2.19. The van der Waals surface area contributed by atoms with Crippen molar-refractivity contribution in [1.82, 2.24) is 0 Å². The van der Waals surface area contributed by atoms with Crippen molar-refractivity contribution in [3.63, 3.8) is 0 Å². The van der Waals surface area contributed by atoms with Crippen LogP contribution in [0.5, 0.6) is 11.5 Å². The van der Waals surface area contributed by atoms with E-state index in [2.05, 4.69) is 13.8 Å². The molecule has 0 bridgehead atoms. The van der Waals surface area contributed by atoms with Crippen LogP contribution in [0.25, 0.3) is 0 Å². The Morgan fingerprint density at radius 3 is 2.18 bits per heavy atom. The van der Waals surface area contributed by atoms with Crippen LogP contribution in [0.2, 0.25) is 0 Å². The van der Waals surface area contributed by atoms with Crippen molar-refractivity contribution in [3.8, 4) is 11.5 Å². The molecular formula is C19H22O3. The molecule has 2 aromatic carbocycles. The summed E-state index contributed by atoms with van der Waals surface area (Å²) in [6, 6.07) is 13.3. The molecule has 0 atom stereocenters. The van der Waals surface area contributed by atoms with Gasteiger partial charge in [0, 0.05) is 0 Å². The fourth-order valence-corrected chi connectivity index (χ4v) is 2.03. The van der Waals surface area contributed by atoms with E-state index in [9.17, 15) is 4.79 Å². The van der Waals surface area contributed by atoms with E-state index in [0.717, 1.165) is 5.56 Å². The average molecular weight is 298 g/mol. The Balaban J connectivity index is 1.88. The van der Waals surface area contributed by atoms with Crippen LogP contribution in [0.15, 0.2) is 42.5 Å². The van der Waals surface area contributed by atoms with Crippen LogP contribution in [0, 0.1) is 13.8 Å². The molecule has 0 aliphatic heterocycles. The molecule has 0 spiro atoms. The molecule has 3 heteroatoms. The number of hydrogen-bond acceptors (Lipinski definition) is 3. The standard InChI is InChI=1S/C19H22O3/c1-13(2)16-6-9-17(10-7-16)21-12-19(20)22-18-8-5-14(3)15(4)11-18/h5-11,13H,12H2,1-4H3. The minimum atomic E-state index is -0.406. The Morgan fingerprint density at radius 1 is 0.955 bits per heavy atom. The van der Waals surface area contributed by atoms with Crippen molar-refractivity contribution in [1.29, 1.82) is 0 Å². The first kappa shape index (κ1) is 16.1. The zero-order chi connectivity index (χ0) is 16.1. The first-order chi connectivity index (χ1) is 10.5. The zero-order valence-corrected chi connectivity index (χ0v) is 13.6. The number of hydrogen-bond donors (Lipinski definition) is 0. The fraction of sp³-hybridized carbons (Fsp3) is 0.316. The SMILES string of the molecule is Cc1ccc(OC(=O)COc2ccc(C(C)C)cc2)cc1C. The Bertz CT molecular complexity index is 642. The second-order valence-corrected chi connectivity index (χ2v) is 5.73. The van der Waals surface area contributed by atoms with Gasteiger partial charge in [0.05, 0.1) is 0 Å². The fourth-order valence-electron chi connectivity index (χ4n) is 2.03. The van der Waals surface area contributed by atoms with Crippen LogP contribution >= 0.6 is 0 Å². The van der Waals surface area contributed by atoms with Gasteiger partial charge in [-0.05, 0) is 60.7 Å². The third-order valence-electron chi connectivity index (χ3n) is 3.61. The van der Waals surface area contributed by atoms with E-state index < -0.39 is 5.97 Å². The molecule has 2 aromatic rings. The zero-order valence-electron chi connectivity index (χ0n) is 13.6. The molecule has 0 heterocycles. The van der Waals surface area contributed by atoms with Gasteiger partial charge in [-0.15, -0.1) is 0 Å². The third-order valence-corrected chi connectivity index (χ3v) is 3.61. The van der Waals surface area contributed by atoms with Crippen LogP contribution in [0.3, 0.4) is 0 Å². The van der Waals surface area contributed by atoms with Crippen molar-refractivity contribution >= 4 is 5.97 Å². The van der Waals surface area contributed by atoms with Gasteiger partial charge in [-0.3, -0.25) is 0 Å². The van der Waals surface area contributed by atoms with E-state index in [1.54, 1.807) is 6.07 Å². The Hall–Kier alpha value is -2.29. The summed E-state index contributed by atoms with van der Waals surface area (Å²) in [5.74, 6) is 1.29. The summed E-state index contributed by atoms with van der Waals surface area (Å²) in [6.45, 7) is 8.17. The summed E-state index contributed by atoms with van der Waals surface area (Å²) >= 11 is 0. The summed E-state index contributed by atoms with van der Waals surface area (Å²) in [4.78, 5) is 11.8. The van der Waals surface area contributed by atoms with E-state index in [1.165, 1.54) is 11.1 Å². The summed E-state index contributed by atoms with van der Waals surface area (Å²) in [5.41, 5.74) is 3.50. The molecule has 22 heavy (non-hydrogen) atoms. The molecule has 2 rings (SSSR count). The molecule has 116 valence electrons. The highest BCUT2D eigenvalue weighted by Gasteiger charge is 2.07. The van der Waals surface area contributed by atoms with Crippen LogP contribution < -0.4 is 9.47 Å². The van der Waals surface area contributed by atoms with Crippen molar-refractivity contribution in [2.75, 3.05) is 6.61 Å². The summed E-state index contributed by atoms with van der Waals surface area (Å²) in [7, 11) is 0. The minimum Gasteiger partial charge on any atom is -0.482 e. The van der Waals surface area contributed by atoms with Crippen LogP contribution in [0.1, 0.15) is 36.5 Å². The van der Waals surface area contributed by atoms with Gasteiger partial charge in [-0.2, -0.15) is 0 Å². The summed E-state index contributed by atoms with van der Waals surface area (Å²) in [5, 5.41) is 0. The van der Waals surface area contributed by atoms with E-state index in [4.69, 9.17) is 9.47 Å². The van der Waals surface area contributed by atoms with Gasteiger partial charge < -0.3 is 9.47 Å². The molecule has 0 radical (unpaired) electrons.